The van der Waals surface area contributed by atoms with E-state index in [2.05, 4.69) is 64.2 Å². The maximum atomic E-state index is 5.25. The molecule has 6 heteroatoms. The molecule has 186 valence electrons. The molecule has 1 saturated carbocycles. The summed E-state index contributed by atoms with van der Waals surface area (Å²) in [4.78, 5) is 12.5. The molecule has 3 fully saturated rings. The third kappa shape index (κ3) is 3.49. The SMILES string of the molecule is C=C(c1cc(CC)c2c(c1)nc(-c1cc3cccnc3n1CC1CC1)n2C)N1CC2(CCCNC2)C1. The van der Waals surface area contributed by atoms with Crippen LogP contribution in [0.3, 0.4) is 0 Å². The summed E-state index contributed by atoms with van der Waals surface area (Å²) >= 11 is 0. The maximum Gasteiger partial charge on any atom is 0.157 e. The van der Waals surface area contributed by atoms with Gasteiger partial charge in [0.25, 0.3) is 0 Å². The number of aryl methyl sites for hydroxylation is 2. The van der Waals surface area contributed by atoms with Crippen LogP contribution in [-0.2, 0) is 20.0 Å². The van der Waals surface area contributed by atoms with Gasteiger partial charge in [0, 0.05) is 55.9 Å². The summed E-state index contributed by atoms with van der Waals surface area (Å²) in [6.45, 7) is 12.3. The molecule has 36 heavy (non-hydrogen) atoms. The number of rotatable bonds is 6. The second-order valence-electron chi connectivity index (χ2n) is 11.4. The number of likely N-dealkylation sites (tertiary alicyclic amines) is 1. The first kappa shape index (κ1) is 22.1. The van der Waals surface area contributed by atoms with Gasteiger partial charge in [0.05, 0.1) is 16.7 Å². The number of hydrogen-bond acceptors (Lipinski definition) is 4. The zero-order valence-corrected chi connectivity index (χ0v) is 21.6. The van der Waals surface area contributed by atoms with Crippen molar-refractivity contribution >= 4 is 27.8 Å². The number of aromatic nitrogens is 4. The van der Waals surface area contributed by atoms with Gasteiger partial charge in [-0.3, -0.25) is 0 Å². The van der Waals surface area contributed by atoms with E-state index in [1.807, 2.05) is 12.3 Å². The molecular weight excluding hydrogens is 444 g/mol. The second-order valence-corrected chi connectivity index (χ2v) is 11.4. The minimum absolute atomic E-state index is 0.444. The predicted molar refractivity (Wildman–Crippen MR) is 147 cm³/mol. The topological polar surface area (TPSA) is 50.9 Å². The number of nitrogens with one attached hydrogen (secondary N) is 1. The Kier molecular flexibility index (Phi) is 5.04. The van der Waals surface area contributed by atoms with Crippen molar-refractivity contribution in [3.05, 3.63) is 54.2 Å². The molecule has 1 spiro atoms. The van der Waals surface area contributed by atoms with Gasteiger partial charge in [-0.2, -0.15) is 0 Å². The lowest BCUT2D eigenvalue weighted by molar-refractivity contribution is 0.0261. The average molecular weight is 481 g/mol. The van der Waals surface area contributed by atoms with Gasteiger partial charge in [-0.1, -0.05) is 13.5 Å². The Morgan fingerprint density at radius 3 is 2.83 bits per heavy atom. The number of nitrogens with zero attached hydrogens (tertiary/aromatic N) is 5. The molecule has 0 unspecified atom stereocenters. The van der Waals surface area contributed by atoms with Gasteiger partial charge in [0.15, 0.2) is 5.82 Å². The first-order valence-electron chi connectivity index (χ1n) is 13.6. The van der Waals surface area contributed by atoms with Crippen molar-refractivity contribution in [3.63, 3.8) is 0 Å². The van der Waals surface area contributed by atoms with E-state index in [1.165, 1.54) is 53.4 Å². The fourth-order valence-corrected chi connectivity index (χ4v) is 6.56. The van der Waals surface area contributed by atoms with E-state index in [0.717, 1.165) is 67.7 Å². The first-order chi connectivity index (χ1) is 17.5. The normalized spacial score (nSPS) is 19.3. The number of pyridine rings is 1. The number of imidazole rings is 1. The average Bonchev–Trinajstić information content (AvgIpc) is 3.55. The molecule has 0 radical (unpaired) electrons. The van der Waals surface area contributed by atoms with Crippen LogP contribution in [0, 0.1) is 11.3 Å². The lowest BCUT2D eigenvalue weighted by Crippen LogP contribution is -2.61. The van der Waals surface area contributed by atoms with Crippen LogP contribution in [0.4, 0.5) is 0 Å². The van der Waals surface area contributed by atoms with E-state index < -0.39 is 0 Å². The van der Waals surface area contributed by atoms with Crippen molar-refractivity contribution in [2.24, 2.45) is 18.4 Å². The van der Waals surface area contributed by atoms with Gasteiger partial charge < -0.3 is 19.4 Å². The molecule has 1 N–H and O–H groups in total. The Morgan fingerprint density at radius 1 is 1.22 bits per heavy atom. The quantitative estimate of drug-likeness (QED) is 0.411. The minimum Gasteiger partial charge on any atom is -0.370 e. The number of benzene rings is 1. The summed E-state index contributed by atoms with van der Waals surface area (Å²) in [6, 6.07) is 11.1. The van der Waals surface area contributed by atoms with Crippen molar-refractivity contribution < 1.29 is 0 Å². The van der Waals surface area contributed by atoms with Crippen LogP contribution in [0.5, 0.6) is 0 Å². The highest BCUT2D eigenvalue weighted by Gasteiger charge is 2.44. The molecule has 6 nitrogen and oxygen atoms in total. The molecule has 0 bridgehead atoms. The first-order valence-corrected chi connectivity index (χ1v) is 13.6. The monoisotopic (exact) mass is 480 g/mol. The van der Waals surface area contributed by atoms with Crippen molar-refractivity contribution in [1.82, 2.24) is 29.3 Å². The zero-order valence-electron chi connectivity index (χ0n) is 21.6. The van der Waals surface area contributed by atoms with Crippen LogP contribution in [0.15, 0.2) is 43.1 Å². The van der Waals surface area contributed by atoms with Crippen LogP contribution in [-0.4, -0.2) is 50.2 Å². The van der Waals surface area contributed by atoms with E-state index in [9.17, 15) is 0 Å². The predicted octanol–water partition coefficient (Wildman–Crippen LogP) is 5.22. The molecule has 0 atom stereocenters. The molecule has 4 aromatic rings. The standard InChI is InChI=1S/C30H36N6/c1-4-22-13-24(20(2)35-18-30(19-35)10-6-11-31-17-30)14-25-27(22)34(3)29(33-25)26-15-23-7-5-12-32-28(23)36(26)16-21-8-9-21/h5,7,12-15,21,31H,2,4,6,8-11,16-19H2,1,3H3. The summed E-state index contributed by atoms with van der Waals surface area (Å²) < 4.78 is 4.70. The molecule has 2 aliphatic heterocycles. The molecule has 7 rings (SSSR count). The van der Waals surface area contributed by atoms with Gasteiger partial charge in [-0.05, 0) is 86.0 Å². The van der Waals surface area contributed by atoms with Crippen molar-refractivity contribution in [3.8, 4) is 11.5 Å². The molecule has 3 aliphatic rings. The van der Waals surface area contributed by atoms with Crippen molar-refractivity contribution in [2.45, 2.75) is 45.6 Å². The van der Waals surface area contributed by atoms with Crippen LogP contribution < -0.4 is 5.32 Å². The molecule has 1 aromatic carbocycles. The highest BCUT2D eigenvalue weighted by atomic mass is 15.2. The summed E-state index contributed by atoms with van der Waals surface area (Å²) in [5.41, 5.74) is 8.67. The highest BCUT2D eigenvalue weighted by molar-refractivity contribution is 5.89. The highest BCUT2D eigenvalue weighted by Crippen LogP contribution is 2.41. The largest absolute Gasteiger partial charge is 0.370 e. The Bertz CT molecular complexity index is 1470. The van der Waals surface area contributed by atoms with Crippen LogP contribution in [0.25, 0.3) is 39.3 Å². The number of fused-ring (bicyclic) bond motifs is 2. The van der Waals surface area contributed by atoms with Gasteiger partial charge in [-0.15, -0.1) is 0 Å². The number of piperidine rings is 1. The van der Waals surface area contributed by atoms with Crippen molar-refractivity contribution in [1.29, 1.82) is 0 Å². The van der Waals surface area contributed by atoms with Gasteiger partial charge in [-0.25, -0.2) is 9.97 Å². The minimum atomic E-state index is 0.444. The molecular formula is C30H36N6. The summed E-state index contributed by atoms with van der Waals surface area (Å²) in [5.74, 6) is 1.79. The Balaban J connectivity index is 1.28. The van der Waals surface area contributed by atoms with Gasteiger partial charge >= 0.3 is 0 Å². The van der Waals surface area contributed by atoms with Crippen molar-refractivity contribution in [2.75, 3.05) is 26.2 Å². The lowest BCUT2D eigenvalue weighted by Gasteiger charge is -2.54. The molecule has 0 amide bonds. The van der Waals surface area contributed by atoms with Gasteiger partial charge in [0.1, 0.15) is 5.65 Å². The molecule has 3 aromatic heterocycles. The third-order valence-electron chi connectivity index (χ3n) is 8.78. The van der Waals surface area contributed by atoms with E-state index in [4.69, 9.17) is 9.97 Å². The molecule has 5 heterocycles. The van der Waals surface area contributed by atoms with E-state index in [1.54, 1.807) is 0 Å². The Hall–Kier alpha value is -3.12. The fraction of sp³-hybridized carbons (Fsp3) is 0.467. The Morgan fingerprint density at radius 2 is 2.08 bits per heavy atom. The summed E-state index contributed by atoms with van der Waals surface area (Å²) in [7, 11) is 2.17. The van der Waals surface area contributed by atoms with E-state index >= 15 is 0 Å². The van der Waals surface area contributed by atoms with E-state index in [0.29, 0.717) is 5.41 Å². The zero-order chi connectivity index (χ0) is 24.4. The van der Waals surface area contributed by atoms with Crippen LogP contribution in [0.2, 0.25) is 0 Å². The lowest BCUT2D eigenvalue weighted by atomic mass is 9.73. The summed E-state index contributed by atoms with van der Waals surface area (Å²) in [6.07, 6.45) is 8.12. The fourth-order valence-electron chi connectivity index (χ4n) is 6.56. The van der Waals surface area contributed by atoms with Crippen LogP contribution >= 0.6 is 0 Å². The summed E-state index contributed by atoms with van der Waals surface area (Å²) in [5, 5.41) is 4.79. The Labute approximate surface area is 213 Å². The second kappa shape index (κ2) is 8.20. The van der Waals surface area contributed by atoms with Gasteiger partial charge in [0.2, 0.25) is 0 Å². The number of hydrogen-bond donors (Lipinski definition) is 1. The smallest absolute Gasteiger partial charge is 0.157 e. The van der Waals surface area contributed by atoms with E-state index in [-0.39, 0.29) is 0 Å². The third-order valence-corrected chi connectivity index (χ3v) is 8.78. The molecule has 1 aliphatic carbocycles. The maximum absolute atomic E-state index is 5.25. The molecule has 2 saturated heterocycles. The van der Waals surface area contributed by atoms with Crippen LogP contribution in [0.1, 0.15) is 43.7 Å².